The van der Waals surface area contributed by atoms with Gasteiger partial charge in [-0.15, -0.1) is 0 Å². The van der Waals surface area contributed by atoms with Crippen LogP contribution in [0.4, 0.5) is 0 Å². The molecule has 2 heterocycles. The summed E-state index contributed by atoms with van der Waals surface area (Å²) in [6.07, 6.45) is 1.60. The zero-order valence-electron chi connectivity index (χ0n) is 8.65. The molecule has 0 bridgehead atoms. The summed E-state index contributed by atoms with van der Waals surface area (Å²) in [6, 6.07) is 5.64. The summed E-state index contributed by atoms with van der Waals surface area (Å²) < 4.78 is 1.81. The summed E-state index contributed by atoms with van der Waals surface area (Å²) in [5.74, 6) is 0. The van der Waals surface area contributed by atoms with Crippen molar-refractivity contribution in [2.75, 3.05) is 0 Å². The van der Waals surface area contributed by atoms with Crippen molar-refractivity contribution in [1.29, 1.82) is 0 Å². The molecule has 2 aromatic rings. The fraction of sp³-hybridized carbons (Fsp3) is 0.167. The Bertz CT molecular complexity index is 552. The molecule has 0 N–H and O–H groups in total. The Morgan fingerprint density at radius 1 is 1.13 bits per heavy atom. The van der Waals surface area contributed by atoms with Crippen molar-refractivity contribution >= 4 is 18.1 Å². The summed E-state index contributed by atoms with van der Waals surface area (Å²) in [6.45, 7) is 3.70. The van der Waals surface area contributed by atoms with Crippen LogP contribution in [0.25, 0.3) is 5.52 Å². The van der Waals surface area contributed by atoms with Crippen molar-refractivity contribution in [3.8, 4) is 0 Å². The Labute approximate surface area is 87.3 Å². The highest BCUT2D eigenvalue weighted by Crippen LogP contribution is 2.21. The SMILES string of the molecule is Cc1c(C=O)c2cccc(C)n2c1C=O. The Morgan fingerprint density at radius 2 is 1.87 bits per heavy atom. The molecule has 0 saturated heterocycles. The highest BCUT2D eigenvalue weighted by atomic mass is 16.1. The molecule has 2 aromatic heterocycles. The van der Waals surface area contributed by atoms with Crippen molar-refractivity contribution in [3.05, 3.63) is 40.7 Å². The second kappa shape index (κ2) is 3.35. The summed E-state index contributed by atoms with van der Waals surface area (Å²) in [5, 5.41) is 0. The van der Waals surface area contributed by atoms with Crippen LogP contribution in [0.15, 0.2) is 18.2 Å². The molecule has 76 valence electrons. The van der Waals surface area contributed by atoms with E-state index < -0.39 is 0 Å². The Balaban J connectivity index is 3.04. The van der Waals surface area contributed by atoms with E-state index in [1.54, 1.807) is 6.92 Å². The van der Waals surface area contributed by atoms with Crippen LogP contribution in [0.5, 0.6) is 0 Å². The van der Waals surface area contributed by atoms with E-state index in [2.05, 4.69) is 0 Å². The van der Waals surface area contributed by atoms with Gasteiger partial charge < -0.3 is 4.40 Å². The van der Waals surface area contributed by atoms with Gasteiger partial charge in [0.1, 0.15) is 0 Å². The highest BCUT2D eigenvalue weighted by molar-refractivity contribution is 5.94. The number of nitrogens with zero attached hydrogens (tertiary/aromatic N) is 1. The molecule has 0 aromatic carbocycles. The first kappa shape index (κ1) is 9.65. The minimum Gasteiger partial charge on any atom is -0.310 e. The van der Waals surface area contributed by atoms with Crippen LogP contribution in [0.1, 0.15) is 32.1 Å². The van der Waals surface area contributed by atoms with Gasteiger partial charge in [-0.05, 0) is 31.5 Å². The van der Waals surface area contributed by atoms with E-state index in [9.17, 15) is 9.59 Å². The van der Waals surface area contributed by atoms with Crippen LogP contribution in [-0.4, -0.2) is 17.0 Å². The van der Waals surface area contributed by atoms with Gasteiger partial charge in [-0.1, -0.05) is 6.07 Å². The van der Waals surface area contributed by atoms with Crippen molar-refractivity contribution < 1.29 is 9.59 Å². The van der Waals surface area contributed by atoms with Crippen molar-refractivity contribution in [2.24, 2.45) is 0 Å². The lowest BCUT2D eigenvalue weighted by Crippen LogP contribution is -1.95. The van der Waals surface area contributed by atoms with E-state index in [1.807, 2.05) is 29.5 Å². The molecule has 0 aliphatic rings. The average molecular weight is 201 g/mol. The first-order valence-corrected chi connectivity index (χ1v) is 4.71. The number of carbonyl (C=O) groups is 2. The van der Waals surface area contributed by atoms with Crippen molar-refractivity contribution in [2.45, 2.75) is 13.8 Å². The maximum Gasteiger partial charge on any atom is 0.167 e. The van der Waals surface area contributed by atoms with Crippen molar-refractivity contribution in [1.82, 2.24) is 4.40 Å². The second-order valence-corrected chi connectivity index (χ2v) is 3.55. The van der Waals surface area contributed by atoms with Crippen LogP contribution < -0.4 is 0 Å². The predicted octanol–water partition coefficient (Wildman–Crippen LogP) is 2.18. The quantitative estimate of drug-likeness (QED) is 0.698. The molecule has 0 aliphatic carbocycles. The molecule has 3 heteroatoms. The lowest BCUT2D eigenvalue weighted by molar-refractivity contribution is 0.111. The van der Waals surface area contributed by atoms with Crippen molar-refractivity contribution in [3.63, 3.8) is 0 Å². The number of hydrogen-bond acceptors (Lipinski definition) is 2. The molecule has 0 saturated carbocycles. The number of rotatable bonds is 2. The molecule has 0 spiro atoms. The van der Waals surface area contributed by atoms with Gasteiger partial charge in [-0.25, -0.2) is 0 Å². The zero-order chi connectivity index (χ0) is 11.0. The Kier molecular flexibility index (Phi) is 2.15. The predicted molar refractivity (Wildman–Crippen MR) is 57.6 cm³/mol. The number of fused-ring (bicyclic) bond motifs is 1. The van der Waals surface area contributed by atoms with Gasteiger partial charge in [-0.2, -0.15) is 0 Å². The molecule has 15 heavy (non-hydrogen) atoms. The lowest BCUT2D eigenvalue weighted by atomic mass is 10.1. The molecule has 0 aliphatic heterocycles. The maximum atomic E-state index is 11.0. The summed E-state index contributed by atoms with van der Waals surface area (Å²) >= 11 is 0. The lowest BCUT2D eigenvalue weighted by Gasteiger charge is -2.01. The first-order valence-electron chi connectivity index (χ1n) is 4.71. The second-order valence-electron chi connectivity index (χ2n) is 3.55. The standard InChI is InChI=1S/C12H11NO2/c1-8-4-3-5-11-10(6-14)9(2)12(7-15)13(8)11/h3-7H,1-2H3. The number of pyridine rings is 1. The van der Waals surface area contributed by atoms with Crippen LogP contribution >= 0.6 is 0 Å². The monoisotopic (exact) mass is 201 g/mol. The molecule has 0 radical (unpaired) electrons. The van der Waals surface area contributed by atoms with E-state index in [0.29, 0.717) is 11.3 Å². The molecular formula is C12H11NO2. The minimum absolute atomic E-state index is 0.560. The van der Waals surface area contributed by atoms with E-state index in [0.717, 1.165) is 29.3 Å². The molecule has 0 unspecified atom stereocenters. The van der Waals surface area contributed by atoms with Gasteiger partial charge in [0, 0.05) is 11.3 Å². The molecule has 2 rings (SSSR count). The Hall–Kier alpha value is -1.90. The summed E-state index contributed by atoms with van der Waals surface area (Å²) in [5.41, 5.74) is 3.65. The summed E-state index contributed by atoms with van der Waals surface area (Å²) in [7, 11) is 0. The number of aldehydes is 2. The van der Waals surface area contributed by atoms with Gasteiger partial charge in [0.2, 0.25) is 0 Å². The number of aromatic nitrogens is 1. The molecular weight excluding hydrogens is 190 g/mol. The van der Waals surface area contributed by atoms with Gasteiger partial charge in [-0.3, -0.25) is 9.59 Å². The Morgan fingerprint density at radius 3 is 2.47 bits per heavy atom. The smallest absolute Gasteiger partial charge is 0.167 e. The van der Waals surface area contributed by atoms with Crippen LogP contribution in [0.2, 0.25) is 0 Å². The fourth-order valence-electron chi connectivity index (χ4n) is 1.94. The van der Waals surface area contributed by atoms with Crippen LogP contribution in [0.3, 0.4) is 0 Å². The molecule has 0 fully saturated rings. The molecule has 3 nitrogen and oxygen atoms in total. The third-order valence-electron chi connectivity index (χ3n) is 2.72. The summed E-state index contributed by atoms with van der Waals surface area (Å²) in [4.78, 5) is 21.9. The topological polar surface area (TPSA) is 38.5 Å². The first-order chi connectivity index (χ1) is 7.20. The normalized spacial score (nSPS) is 10.5. The third kappa shape index (κ3) is 1.20. The van der Waals surface area contributed by atoms with E-state index in [4.69, 9.17) is 0 Å². The average Bonchev–Trinajstić information content (AvgIpc) is 2.51. The number of aryl methyl sites for hydroxylation is 1. The minimum atomic E-state index is 0.560. The van der Waals surface area contributed by atoms with Crippen LogP contribution in [-0.2, 0) is 0 Å². The van der Waals surface area contributed by atoms with E-state index >= 15 is 0 Å². The molecule has 0 amide bonds. The van der Waals surface area contributed by atoms with Gasteiger partial charge in [0.25, 0.3) is 0 Å². The van der Waals surface area contributed by atoms with Crippen LogP contribution in [0, 0.1) is 13.8 Å². The van der Waals surface area contributed by atoms with E-state index in [-0.39, 0.29) is 0 Å². The van der Waals surface area contributed by atoms with Gasteiger partial charge in [0.05, 0.1) is 11.2 Å². The molecule has 0 atom stereocenters. The van der Waals surface area contributed by atoms with E-state index in [1.165, 1.54) is 0 Å². The van der Waals surface area contributed by atoms with Gasteiger partial charge >= 0.3 is 0 Å². The number of carbonyl (C=O) groups excluding carboxylic acids is 2. The largest absolute Gasteiger partial charge is 0.310 e. The third-order valence-corrected chi connectivity index (χ3v) is 2.72. The number of hydrogen-bond donors (Lipinski definition) is 0. The zero-order valence-corrected chi connectivity index (χ0v) is 8.65. The maximum absolute atomic E-state index is 11.0. The highest BCUT2D eigenvalue weighted by Gasteiger charge is 2.14. The van der Waals surface area contributed by atoms with Gasteiger partial charge in [0.15, 0.2) is 12.6 Å². The fourth-order valence-corrected chi connectivity index (χ4v) is 1.94.